The number of likely N-dealkylation sites (N-methyl/N-ethyl adjacent to an activating group) is 1. The van der Waals surface area contributed by atoms with Crippen LogP contribution in [0.5, 0.6) is 5.75 Å². The van der Waals surface area contributed by atoms with E-state index in [1.165, 1.54) is 12.1 Å². The molecule has 2 aliphatic rings. The summed E-state index contributed by atoms with van der Waals surface area (Å²) in [7, 11) is 0. The maximum atomic E-state index is 14.8. The number of hydrogen-bond acceptors (Lipinski definition) is 5. The number of rotatable bonds is 5. The number of nitrogens with one attached hydrogen (secondary N) is 1. The van der Waals surface area contributed by atoms with Crippen LogP contribution >= 0.6 is 11.6 Å². The first-order valence-corrected chi connectivity index (χ1v) is 12.1. The molecular weight excluding hydrogens is 469 g/mol. The van der Waals surface area contributed by atoms with Crippen LogP contribution in [0.25, 0.3) is 22.3 Å². The molecule has 0 unspecified atom stereocenters. The molecule has 0 radical (unpaired) electrons. The molecule has 2 aromatic carbocycles. The normalized spacial score (nSPS) is 16.3. The molecule has 2 aliphatic heterocycles. The van der Waals surface area contributed by atoms with Crippen LogP contribution in [0, 0.1) is 5.82 Å². The lowest BCUT2D eigenvalue weighted by molar-refractivity contribution is 0.223. The van der Waals surface area contributed by atoms with Crippen molar-refractivity contribution in [2.24, 2.45) is 0 Å². The summed E-state index contributed by atoms with van der Waals surface area (Å²) >= 11 is 6.56. The number of urea groups is 1. The van der Waals surface area contributed by atoms with Crippen LogP contribution in [0.1, 0.15) is 6.92 Å². The number of halogens is 2. The van der Waals surface area contributed by atoms with Crippen LogP contribution in [0.4, 0.5) is 20.7 Å². The molecule has 9 heteroatoms. The summed E-state index contributed by atoms with van der Waals surface area (Å²) in [6.45, 7) is 7.17. The molecule has 2 amide bonds. The third kappa shape index (κ3) is 4.51. The van der Waals surface area contributed by atoms with E-state index in [1.54, 1.807) is 40.3 Å². The molecule has 2 saturated heterocycles. The molecule has 0 aliphatic carbocycles. The second kappa shape index (κ2) is 9.71. The fourth-order valence-electron chi connectivity index (χ4n) is 4.69. The zero-order valence-electron chi connectivity index (χ0n) is 19.5. The number of nitrogens with zero attached hydrogens (tertiary/aromatic N) is 4. The van der Waals surface area contributed by atoms with E-state index in [9.17, 15) is 14.3 Å². The largest absolute Gasteiger partial charge is 0.507 e. The van der Waals surface area contributed by atoms with Crippen molar-refractivity contribution in [3.8, 4) is 28.0 Å². The van der Waals surface area contributed by atoms with Crippen molar-refractivity contribution in [3.63, 3.8) is 0 Å². The standard InChI is InChI=1S/C26H27ClFN5O2/c1-2-31-11-12-33(26(31)35)23-4-3-17(13-22(23)27)20-15-19(28)16-21(25(20)34)18-5-6-30-24(14-18)32-9-7-29-8-10-32/h3-6,13-16,29,34H,2,7-12H2,1H3. The number of carbonyl (C=O) groups is 1. The molecule has 0 saturated carbocycles. The number of carbonyl (C=O) groups excluding carboxylic acids is 1. The Morgan fingerprint density at radius 1 is 1.03 bits per heavy atom. The second-order valence-electron chi connectivity index (χ2n) is 8.67. The second-order valence-corrected chi connectivity index (χ2v) is 9.08. The highest BCUT2D eigenvalue weighted by Crippen LogP contribution is 2.41. The lowest BCUT2D eigenvalue weighted by Crippen LogP contribution is -2.43. The van der Waals surface area contributed by atoms with E-state index in [2.05, 4.69) is 15.2 Å². The zero-order chi connectivity index (χ0) is 24.5. The molecule has 2 N–H and O–H groups in total. The Hall–Kier alpha value is -3.36. The van der Waals surface area contributed by atoms with Gasteiger partial charge in [0.1, 0.15) is 17.4 Å². The van der Waals surface area contributed by atoms with E-state index >= 15 is 0 Å². The molecule has 3 heterocycles. The van der Waals surface area contributed by atoms with E-state index in [0.29, 0.717) is 52.6 Å². The summed E-state index contributed by atoms with van der Waals surface area (Å²) in [6, 6.07) is 11.3. The number of phenols is 1. The molecule has 2 fully saturated rings. The molecule has 35 heavy (non-hydrogen) atoms. The molecular formula is C26H27ClFN5O2. The number of piperazine rings is 1. The third-order valence-electron chi connectivity index (χ3n) is 6.60. The molecule has 1 aromatic heterocycles. The Morgan fingerprint density at radius 3 is 2.40 bits per heavy atom. The van der Waals surface area contributed by atoms with Gasteiger partial charge in [0.15, 0.2) is 0 Å². The smallest absolute Gasteiger partial charge is 0.324 e. The molecule has 182 valence electrons. The summed E-state index contributed by atoms with van der Waals surface area (Å²) in [5, 5.41) is 14.9. The first-order chi connectivity index (χ1) is 17.0. The van der Waals surface area contributed by atoms with Gasteiger partial charge in [0.2, 0.25) is 0 Å². The van der Waals surface area contributed by atoms with Crippen molar-refractivity contribution in [1.82, 2.24) is 15.2 Å². The Kier molecular flexibility index (Phi) is 6.49. The lowest BCUT2D eigenvalue weighted by atomic mass is 9.97. The van der Waals surface area contributed by atoms with Crippen molar-refractivity contribution >= 4 is 29.1 Å². The number of benzene rings is 2. The molecule has 0 spiro atoms. The lowest BCUT2D eigenvalue weighted by Gasteiger charge is -2.28. The summed E-state index contributed by atoms with van der Waals surface area (Å²) in [4.78, 5) is 22.6. The van der Waals surface area contributed by atoms with Gasteiger partial charge in [-0.3, -0.25) is 4.90 Å². The van der Waals surface area contributed by atoms with Gasteiger partial charge in [-0.1, -0.05) is 17.7 Å². The first kappa shape index (κ1) is 23.4. The maximum absolute atomic E-state index is 14.8. The number of phenolic OH excluding ortho intramolecular Hbond substituents is 1. The van der Waals surface area contributed by atoms with Gasteiger partial charge in [0.25, 0.3) is 0 Å². The Labute approximate surface area is 208 Å². The topological polar surface area (TPSA) is 71.9 Å². The van der Waals surface area contributed by atoms with E-state index in [4.69, 9.17) is 11.6 Å². The highest BCUT2D eigenvalue weighted by Gasteiger charge is 2.29. The number of pyridine rings is 1. The summed E-state index contributed by atoms with van der Waals surface area (Å²) in [5.41, 5.74) is 2.55. The minimum atomic E-state index is -0.471. The van der Waals surface area contributed by atoms with Gasteiger partial charge in [-0.15, -0.1) is 0 Å². The van der Waals surface area contributed by atoms with Crippen LogP contribution in [0.15, 0.2) is 48.7 Å². The van der Waals surface area contributed by atoms with Gasteiger partial charge < -0.3 is 20.2 Å². The van der Waals surface area contributed by atoms with Gasteiger partial charge in [-0.25, -0.2) is 14.2 Å². The SMILES string of the molecule is CCN1CCN(c2ccc(-c3cc(F)cc(-c4ccnc(N5CCNCC5)c4)c3O)cc2Cl)C1=O. The van der Waals surface area contributed by atoms with Crippen molar-refractivity contribution in [1.29, 1.82) is 0 Å². The van der Waals surface area contributed by atoms with E-state index < -0.39 is 5.82 Å². The number of aromatic nitrogens is 1. The van der Waals surface area contributed by atoms with Crippen molar-refractivity contribution in [3.05, 3.63) is 59.5 Å². The molecule has 7 nitrogen and oxygen atoms in total. The monoisotopic (exact) mass is 495 g/mol. The zero-order valence-corrected chi connectivity index (χ0v) is 20.2. The van der Waals surface area contributed by atoms with E-state index in [-0.39, 0.29) is 11.8 Å². The summed E-state index contributed by atoms with van der Waals surface area (Å²) in [6.07, 6.45) is 1.68. The Morgan fingerprint density at radius 2 is 1.74 bits per heavy atom. The predicted molar refractivity (Wildman–Crippen MR) is 137 cm³/mol. The average molecular weight is 496 g/mol. The molecule has 0 atom stereocenters. The van der Waals surface area contributed by atoms with Crippen molar-refractivity contribution < 1.29 is 14.3 Å². The Bertz CT molecular complexity index is 1260. The van der Waals surface area contributed by atoms with Gasteiger partial charge in [0.05, 0.1) is 10.7 Å². The minimum absolute atomic E-state index is 0.0397. The maximum Gasteiger partial charge on any atom is 0.324 e. The average Bonchev–Trinajstić information content (AvgIpc) is 3.25. The van der Waals surface area contributed by atoms with Crippen LogP contribution in [-0.4, -0.2) is 66.8 Å². The van der Waals surface area contributed by atoms with Gasteiger partial charge in [0, 0.05) is 63.1 Å². The number of aromatic hydroxyl groups is 1. The molecule has 3 aromatic rings. The first-order valence-electron chi connectivity index (χ1n) is 11.8. The minimum Gasteiger partial charge on any atom is -0.507 e. The van der Waals surface area contributed by atoms with Crippen LogP contribution < -0.4 is 15.1 Å². The van der Waals surface area contributed by atoms with Gasteiger partial charge >= 0.3 is 6.03 Å². The van der Waals surface area contributed by atoms with Crippen molar-refractivity contribution in [2.75, 3.05) is 55.6 Å². The highest BCUT2D eigenvalue weighted by molar-refractivity contribution is 6.34. The predicted octanol–water partition coefficient (Wildman–Crippen LogP) is 4.59. The van der Waals surface area contributed by atoms with Crippen LogP contribution in [0.3, 0.4) is 0 Å². The van der Waals surface area contributed by atoms with Crippen LogP contribution in [-0.2, 0) is 0 Å². The molecule has 0 bridgehead atoms. The van der Waals surface area contributed by atoms with E-state index in [0.717, 1.165) is 32.0 Å². The number of hydrogen-bond donors (Lipinski definition) is 2. The van der Waals surface area contributed by atoms with Gasteiger partial charge in [-0.2, -0.15) is 0 Å². The van der Waals surface area contributed by atoms with Crippen molar-refractivity contribution in [2.45, 2.75) is 6.92 Å². The quantitative estimate of drug-likeness (QED) is 0.542. The highest BCUT2D eigenvalue weighted by atomic mass is 35.5. The third-order valence-corrected chi connectivity index (χ3v) is 6.90. The van der Waals surface area contributed by atoms with Crippen LogP contribution in [0.2, 0.25) is 5.02 Å². The number of amides is 2. The Balaban J connectivity index is 1.49. The number of anilines is 2. The van der Waals surface area contributed by atoms with E-state index in [1.807, 2.05) is 13.0 Å². The molecule has 5 rings (SSSR count). The van der Waals surface area contributed by atoms with Gasteiger partial charge in [-0.05, 0) is 54.4 Å². The summed E-state index contributed by atoms with van der Waals surface area (Å²) in [5.74, 6) is 0.280. The summed E-state index contributed by atoms with van der Waals surface area (Å²) < 4.78 is 14.8. The fraction of sp³-hybridized carbons (Fsp3) is 0.308. The fourth-order valence-corrected chi connectivity index (χ4v) is 4.97.